The molecular weight excluding hydrogens is 694 g/mol. The van der Waals surface area contributed by atoms with Crippen molar-refractivity contribution < 1.29 is 43.3 Å². The number of rotatable bonds is 17. The fourth-order valence-electron chi connectivity index (χ4n) is 5.51. The number of carbonyl (C=O) groups is 6. The Bertz CT molecular complexity index is 1540. The maximum Gasteiger partial charge on any atom is 0.408 e. The Morgan fingerprint density at radius 1 is 0.741 bits per heavy atom. The largest absolute Gasteiger partial charge is 0.467 e. The van der Waals surface area contributed by atoms with Crippen LogP contribution in [0.1, 0.15) is 84.7 Å². The van der Waals surface area contributed by atoms with Crippen molar-refractivity contribution in [2.75, 3.05) is 13.7 Å². The monoisotopic (exact) mass is 753 g/mol. The lowest BCUT2D eigenvalue weighted by Crippen LogP contribution is -2.59. The predicted molar refractivity (Wildman–Crippen MR) is 204 cm³/mol. The van der Waals surface area contributed by atoms with E-state index in [0.29, 0.717) is 0 Å². The van der Waals surface area contributed by atoms with Gasteiger partial charge in [0.15, 0.2) is 0 Å². The molecule has 2 aromatic rings. The van der Waals surface area contributed by atoms with Crippen molar-refractivity contribution in [3.63, 3.8) is 0 Å². The number of imide groups is 1. The van der Waals surface area contributed by atoms with Gasteiger partial charge in [-0.1, -0.05) is 90.1 Å². The Hall–Kier alpha value is -4.98. The number of methoxy groups -OCH3 is 1. The summed E-state index contributed by atoms with van der Waals surface area (Å²) in [6.07, 6.45) is -2.06. The summed E-state index contributed by atoms with van der Waals surface area (Å²) in [5, 5.41) is 22.6. The number of hydrogen-bond acceptors (Lipinski definition) is 9. The molecule has 0 aliphatic heterocycles. The summed E-state index contributed by atoms with van der Waals surface area (Å²) in [5.74, 6) is -3.47. The molecule has 14 nitrogen and oxygen atoms in total. The third-order valence-electron chi connectivity index (χ3n) is 8.33. The molecule has 0 aromatic heterocycles. The van der Waals surface area contributed by atoms with E-state index in [0.717, 1.165) is 10.5 Å². The molecule has 0 unspecified atom stereocenters. The molecule has 0 saturated heterocycles. The second kappa shape index (κ2) is 21.0. The molecule has 0 heterocycles. The number of esters is 1. The first-order chi connectivity index (χ1) is 25.2. The fourth-order valence-corrected chi connectivity index (χ4v) is 5.51. The van der Waals surface area contributed by atoms with Gasteiger partial charge in [0.2, 0.25) is 11.8 Å². The Morgan fingerprint density at radius 3 is 1.80 bits per heavy atom. The number of alkyl carbamates (subject to hydrolysis) is 1. The first kappa shape index (κ1) is 45.2. The summed E-state index contributed by atoms with van der Waals surface area (Å²) in [6, 6.07) is 11.7. The molecule has 2 aromatic carbocycles. The maximum absolute atomic E-state index is 14.1. The van der Waals surface area contributed by atoms with Crippen LogP contribution in [-0.4, -0.2) is 95.3 Å². The van der Waals surface area contributed by atoms with Gasteiger partial charge < -0.3 is 35.8 Å². The molecule has 5 atom stereocenters. The molecule has 0 fully saturated rings. The minimum atomic E-state index is -1.52. The van der Waals surface area contributed by atoms with Crippen LogP contribution in [0.25, 0.3) is 0 Å². The number of amides is 6. The lowest BCUT2D eigenvalue weighted by atomic mass is 9.98. The number of aliphatic hydroxyl groups is 1. The van der Waals surface area contributed by atoms with Crippen molar-refractivity contribution in [1.82, 2.24) is 26.2 Å². The fraction of sp³-hybridized carbons (Fsp3) is 0.550. The normalized spacial score (nSPS) is 14.3. The molecule has 6 amide bonds. The zero-order chi connectivity index (χ0) is 40.7. The summed E-state index contributed by atoms with van der Waals surface area (Å²) < 4.78 is 10.2. The molecule has 0 aliphatic carbocycles. The van der Waals surface area contributed by atoms with E-state index in [1.807, 2.05) is 19.9 Å². The zero-order valence-electron chi connectivity index (χ0n) is 33.2. The van der Waals surface area contributed by atoms with Crippen LogP contribution in [-0.2, 0) is 30.3 Å². The average Bonchev–Trinajstić information content (AvgIpc) is 3.09. The van der Waals surface area contributed by atoms with E-state index >= 15 is 0 Å². The molecule has 0 bridgehead atoms. The van der Waals surface area contributed by atoms with Gasteiger partial charge in [0.25, 0.3) is 5.91 Å². The zero-order valence-corrected chi connectivity index (χ0v) is 33.2. The second-order valence-electron chi connectivity index (χ2n) is 15.4. The molecule has 54 heavy (non-hydrogen) atoms. The highest BCUT2D eigenvalue weighted by molar-refractivity contribution is 6.05. The Kier molecular flexibility index (Phi) is 17.6. The van der Waals surface area contributed by atoms with Gasteiger partial charge in [-0.3, -0.25) is 19.3 Å². The molecule has 14 heteroatoms. The van der Waals surface area contributed by atoms with Crippen LogP contribution in [0, 0.1) is 17.8 Å². The van der Waals surface area contributed by atoms with E-state index in [-0.39, 0.29) is 36.2 Å². The number of ether oxygens (including phenoxy) is 2. The van der Waals surface area contributed by atoms with Gasteiger partial charge in [-0.05, 0) is 69.1 Å². The standard InChI is InChI=1S/C40H59N5O9/c1-24(2)21-30(34(47)43-33(26(5)6)37(50)53-10)42-38(51)45(36(49)28-19-15-12-16-20-28)23-31(46)29(22-27-17-13-11-14-18-27)41-35(48)32(25(3)4)44-39(52)54-40(7,8)9/h11-20,24-26,29-33,46H,21-23H2,1-10H3,(H,41,48)(H,42,51)(H,43,47)(H,44,52)/t29-,30-,31-,32-,33-/m1/s1. The third-order valence-corrected chi connectivity index (χ3v) is 8.33. The highest BCUT2D eigenvalue weighted by atomic mass is 16.6. The molecule has 298 valence electrons. The van der Waals surface area contributed by atoms with Crippen LogP contribution in [0.5, 0.6) is 0 Å². The number of nitrogens with one attached hydrogen (secondary N) is 4. The summed E-state index contributed by atoms with van der Waals surface area (Å²) in [4.78, 5) is 81.3. The highest BCUT2D eigenvalue weighted by Crippen LogP contribution is 2.15. The van der Waals surface area contributed by atoms with Crippen LogP contribution in [0.3, 0.4) is 0 Å². The summed E-state index contributed by atoms with van der Waals surface area (Å²) in [6.45, 7) is 15.2. The van der Waals surface area contributed by atoms with Crippen molar-refractivity contribution >= 4 is 35.8 Å². The average molecular weight is 754 g/mol. The maximum atomic E-state index is 14.1. The number of hydrogen-bond donors (Lipinski definition) is 5. The number of urea groups is 1. The van der Waals surface area contributed by atoms with Gasteiger partial charge in [0, 0.05) is 5.56 Å². The smallest absolute Gasteiger partial charge is 0.408 e. The Labute approximate surface area is 319 Å². The van der Waals surface area contributed by atoms with Gasteiger partial charge in [0.1, 0.15) is 23.7 Å². The van der Waals surface area contributed by atoms with Crippen LogP contribution < -0.4 is 21.3 Å². The molecule has 2 rings (SSSR count). The van der Waals surface area contributed by atoms with E-state index in [1.165, 1.54) is 19.2 Å². The van der Waals surface area contributed by atoms with Gasteiger partial charge in [0.05, 0.1) is 25.8 Å². The number of aliphatic hydroxyl groups excluding tert-OH is 1. The van der Waals surface area contributed by atoms with Crippen LogP contribution >= 0.6 is 0 Å². The SMILES string of the molecule is COC(=O)[C@H](NC(=O)[C@@H](CC(C)C)NC(=O)N(C[C@@H](O)[C@@H](Cc1ccccc1)NC(=O)[C@H](NC(=O)OC(C)(C)C)C(C)C)C(=O)c1ccccc1)C(C)C. The van der Waals surface area contributed by atoms with Crippen molar-refractivity contribution in [2.45, 2.75) is 111 Å². The first-order valence-corrected chi connectivity index (χ1v) is 18.3. The highest BCUT2D eigenvalue weighted by Gasteiger charge is 2.36. The third kappa shape index (κ3) is 14.8. The number of carbonyl (C=O) groups excluding carboxylic acids is 6. The summed E-state index contributed by atoms with van der Waals surface area (Å²) in [5.41, 5.74) is 0.0725. The number of benzene rings is 2. The first-order valence-electron chi connectivity index (χ1n) is 18.3. The quantitative estimate of drug-likeness (QED) is 0.147. The van der Waals surface area contributed by atoms with Gasteiger partial charge in [-0.15, -0.1) is 0 Å². The van der Waals surface area contributed by atoms with Gasteiger partial charge in [-0.2, -0.15) is 0 Å². The molecular formula is C40H59N5O9. The molecule has 0 radical (unpaired) electrons. The minimum absolute atomic E-state index is 0.0887. The molecule has 0 saturated carbocycles. The van der Waals surface area contributed by atoms with Gasteiger partial charge in [-0.25, -0.2) is 14.4 Å². The summed E-state index contributed by atoms with van der Waals surface area (Å²) in [7, 11) is 1.21. The Morgan fingerprint density at radius 2 is 1.30 bits per heavy atom. The lowest BCUT2D eigenvalue weighted by Gasteiger charge is -2.32. The predicted octanol–water partition coefficient (Wildman–Crippen LogP) is 4.20. The molecule has 5 N–H and O–H groups in total. The second-order valence-corrected chi connectivity index (χ2v) is 15.4. The summed E-state index contributed by atoms with van der Waals surface area (Å²) >= 11 is 0. The van der Waals surface area contributed by atoms with Gasteiger partial charge >= 0.3 is 18.1 Å². The van der Waals surface area contributed by atoms with Crippen molar-refractivity contribution in [3.8, 4) is 0 Å². The van der Waals surface area contributed by atoms with E-state index in [2.05, 4.69) is 21.3 Å². The van der Waals surface area contributed by atoms with Crippen LogP contribution in [0.15, 0.2) is 60.7 Å². The van der Waals surface area contributed by atoms with Crippen molar-refractivity contribution in [3.05, 3.63) is 71.8 Å². The lowest BCUT2D eigenvalue weighted by molar-refractivity contribution is -0.146. The van der Waals surface area contributed by atoms with Crippen LogP contribution in [0.2, 0.25) is 0 Å². The molecule has 0 aliphatic rings. The van der Waals surface area contributed by atoms with E-state index in [4.69, 9.17) is 9.47 Å². The van der Waals surface area contributed by atoms with E-state index in [1.54, 1.807) is 90.9 Å². The van der Waals surface area contributed by atoms with Crippen LogP contribution in [0.4, 0.5) is 9.59 Å². The Balaban J connectivity index is 2.50. The minimum Gasteiger partial charge on any atom is -0.467 e. The van der Waals surface area contributed by atoms with E-state index < -0.39 is 78.2 Å². The molecule has 0 spiro atoms. The van der Waals surface area contributed by atoms with Crippen molar-refractivity contribution in [1.29, 1.82) is 0 Å². The topological polar surface area (TPSA) is 192 Å². The number of nitrogens with zero attached hydrogens (tertiary/aromatic N) is 1. The van der Waals surface area contributed by atoms with E-state index in [9.17, 15) is 33.9 Å². The van der Waals surface area contributed by atoms with Crippen molar-refractivity contribution in [2.24, 2.45) is 17.8 Å².